The Morgan fingerprint density at radius 2 is 1.41 bits per heavy atom. The van der Waals surface area contributed by atoms with Crippen LogP contribution >= 0.6 is 0 Å². The van der Waals surface area contributed by atoms with E-state index in [9.17, 15) is 9.59 Å². The highest BCUT2D eigenvalue weighted by atomic mass is 16.3. The van der Waals surface area contributed by atoms with E-state index in [4.69, 9.17) is 4.42 Å². The lowest BCUT2D eigenvalue weighted by Gasteiger charge is -2.09. The summed E-state index contributed by atoms with van der Waals surface area (Å²) in [4.78, 5) is 24.6. The second-order valence-corrected chi connectivity index (χ2v) is 6.00. The number of urea groups is 1. The number of amides is 2. The number of benzene rings is 3. The molecular weight excluding hydrogens is 340 g/mol. The quantitative estimate of drug-likeness (QED) is 0.536. The van der Waals surface area contributed by atoms with Crippen molar-refractivity contribution in [3.8, 4) is 11.3 Å². The topological polar surface area (TPSA) is 71.3 Å². The SMILES string of the molecule is O=C(Nc1ccccc1)Nc1ccc2oc(-c3ccccc3)cc(=O)c2c1. The van der Waals surface area contributed by atoms with E-state index >= 15 is 0 Å². The van der Waals surface area contributed by atoms with E-state index in [1.807, 2.05) is 48.5 Å². The Morgan fingerprint density at radius 3 is 2.15 bits per heavy atom. The number of anilines is 2. The molecule has 0 bridgehead atoms. The molecule has 4 aromatic rings. The van der Waals surface area contributed by atoms with Crippen molar-refractivity contribution in [1.82, 2.24) is 0 Å². The molecule has 0 spiro atoms. The molecule has 0 saturated carbocycles. The van der Waals surface area contributed by atoms with Crippen molar-refractivity contribution in [2.24, 2.45) is 0 Å². The standard InChI is InChI=1S/C22H16N2O3/c25-19-14-21(15-7-3-1-4-8-15)27-20-12-11-17(13-18(19)20)24-22(26)23-16-9-5-2-6-10-16/h1-14H,(H2,23,24,26). The lowest BCUT2D eigenvalue weighted by atomic mass is 10.1. The van der Waals surface area contributed by atoms with Crippen molar-refractivity contribution < 1.29 is 9.21 Å². The van der Waals surface area contributed by atoms with Gasteiger partial charge in [-0.15, -0.1) is 0 Å². The van der Waals surface area contributed by atoms with E-state index < -0.39 is 0 Å². The van der Waals surface area contributed by atoms with Gasteiger partial charge in [0, 0.05) is 23.0 Å². The van der Waals surface area contributed by atoms with Crippen molar-refractivity contribution in [3.05, 3.63) is 95.2 Å². The molecule has 0 aliphatic carbocycles. The van der Waals surface area contributed by atoms with Crippen LogP contribution in [0.2, 0.25) is 0 Å². The van der Waals surface area contributed by atoms with Gasteiger partial charge in [-0.2, -0.15) is 0 Å². The van der Waals surface area contributed by atoms with Gasteiger partial charge in [-0.3, -0.25) is 4.79 Å². The summed E-state index contributed by atoms with van der Waals surface area (Å²) < 4.78 is 5.86. The van der Waals surface area contributed by atoms with Crippen LogP contribution in [0.5, 0.6) is 0 Å². The summed E-state index contributed by atoms with van der Waals surface area (Å²) in [5, 5.41) is 5.87. The highest BCUT2D eigenvalue weighted by Gasteiger charge is 2.09. The molecule has 0 aliphatic heterocycles. The predicted octanol–water partition coefficient (Wildman–Crippen LogP) is 5.10. The van der Waals surface area contributed by atoms with Crippen LogP contribution in [0, 0.1) is 0 Å². The summed E-state index contributed by atoms with van der Waals surface area (Å²) in [6, 6.07) is 24.6. The van der Waals surface area contributed by atoms with Gasteiger partial charge >= 0.3 is 6.03 Å². The first-order chi connectivity index (χ1) is 13.2. The zero-order chi connectivity index (χ0) is 18.6. The molecule has 0 fully saturated rings. The molecule has 3 aromatic carbocycles. The average molecular weight is 356 g/mol. The predicted molar refractivity (Wildman–Crippen MR) is 107 cm³/mol. The molecule has 27 heavy (non-hydrogen) atoms. The van der Waals surface area contributed by atoms with Crippen molar-refractivity contribution in [3.63, 3.8) is 0 Å². The largest absolute Gasteiger partial charge is 0.456 e. The fraction of sp³-hybridized carbons (Fsp3) is 0. The van der Waals surface area contributed by atoms with Crippen LogP contribution in [0.3, 0.4) is 0 Å². The highest BCUT2D eigenvalue weighted by Crippen LogP contribution is 2.23. The van der Waals surface area contributed by atoms with Gasteiger partial charge in [0.05, 0.1) is 5.39 Å². The van der Waals surface area contributed by atoms with E-state index in [-0.39, 0.29) is 11.5 Å². The number of hydrogen-bond acceptors (Lipinski definition) is 3. The summed E-state index contributed by atoms with van der Waals surface area (Å²) in [6.07, 6.45) is 0. The molecule has 0 saturated heterocycles. The Hall–Kier alpha value is -3.86. The fourth-order valence-electron chi connectivity index (χ4n) is 2.79. The maximum atomic E-state index is 12.5. The first-order valence-corrected chi connectivity index (χ1v) is 8.45. The van der Waals surface area contributed by atoms with Gasteiger partial charge in [-0.1, -0.05) is 48.5 Å². The molecule has 5 nitrogen and oxygen atoms in total. The molecule has 5 heteroatoms. The van der Waals surface area contributed by atoms with Crippen molar-refractivity contribution in [2.45, 2.75) is 0 Å². The highest BCUT2D eigenvalue weighted by molar-refractivity contribution is 6.00. The van der Waals surface area contributed by atoms with Crippen LogP contribution < -0.4 is 16.1 Å². The molecule has 0 radical (unpaired) electrons. The van der Waals surface area contributed by atoms with Gasteiger partial charge in [0.2, 0.25) is 0 Å². The van der Waals surface area contributed by atoms with Gasteiger partial charge in [-0.25, -0.2) is 4.79 Å². The van der Waals surface area contributed by atoms with Gasteiger partial charge < -0.3 is 15.1 Å². The molecule has 1 heterocycles. The third-order valence-corrected chi connectivity index (χ3v) is 4.07. The van der Waals surface area contributed by atoms with Crippen LogP contribution in [-0.4, -0.2) is 6.03 Å². The van der Waals surface area contributed by atoms with Crippen LogP contribution in [-0.2, 0) is 0 Å². The first kappa shape index (κ1) is 16.6. The fourth-order valence-corrected chi connectivity index (χ4v) is 2.79. The monoisotopic (exact) mass is 356 g/mol. The smallest absolute Gasteiger partial charge is 0.323 e. The molecule has 0 unspecified atom stereocenters. The van der Waals surface area contributed by atoms with E-state index in [0.717, 1.165) is 5.56 Å². The minimum atomic E-state index is -0.383. The Bertz CT molecular complexity index is 1150. The Kier molecular flexibility index (Phi) is 4.41. The number of rotatable bonds is 3. The van der Waals surface area contributed by atoms with E-state index in [0.29, 0.717) is 28.1 Å². The maximum absolute atomic E-state index is 12.5. The minimum absolute atomic E-state index is 0.165. The second kappa shape index (κ2) is 7.17. The molecule has 0 aliphatic rings. The third kappa shape index (κ3) is 3.72. The third-order valence-electron chi connectivity index (χ3n) is 4.07. The second-order valence-electron chi connectivity index (χ2n) is 6.00. The zero-order valence-corrected chi connectivity index (χ0v) is 14.3. The summed E-state index contributed by atoms with van der Waals surface area (Å²) in [7, 11) is 0. The number of fused-ring (bicyclic) bond motifs is 1. The van der Waals surface area contributed by atoms with Crippen LogP contribution in [0.1, 0.15) is 0 Å². The van der Waals surface area contributed by atoms with Gasteiger partial charge in [0.25, 0.3) is 0 Å². The summed E-state index contributed by atoms with van der Waals surface area (Å²) in [6.45, 7) is 0. The van der Waals surface area contributed by atoms with Crippen molar-refractivity contribution in [1.29, 1.82) is 0 Å². The first-order valence-electron chi connectivity index (χ1n) is 8.45. The number of carbonyl (C=O) groups excluding carboxylic acids is 1. The maximum Gasteiger partial charge on any atom is 0.323 e. The van der Waals surface area contributed by atoms with Gasteiger partial charge in [-0.05, 0) is 30.3 Å². The van der Waals surface area contributed by atoms with Crippen LogP contribution in [0.4, 0.5) is 16.2 Å². The average Bonchev–Trinajstić information content (AvgIpc) is 2.69. The molecule has 4 rings (SSSR count). The molecule has 0 atom stereocenters. The molecule has 2 amide bonds. The Morgan fingerprint density at radius 1 is 0.741 bits per heavy atom. The lowest BCUT2D eigenvalue weighted by Crippen LogP contribution is -2.19. The molecule has 1 aromatic heterocycles. The number of carbonyl (C=O) groups is 1. The molecule has 132 valence electrons. The van der Waals surface area contributed by atoms with E-state index in [1.165, 1.54) is 6.07 Å². The number of hydrogen-bond donors (Lipinski definition) is 2. The number of nitrogens with one attached hydrogen (secondary N) is 2. The Labute approximate surface area is 155 Å². The Balaban J connectivity index is 1.60. The van der Waals surface area contributed by atoms with Crippen molar-refractivity contribution >= 4 is 28.4 Å². The van der Waals surface area contributed by atoms with Crippen LogP contribution in [0.25, 0.3) is 22.3 Å². The van der Waals surface area contributed by atoms with Crippen LogP contribution in [0.15, 0.2) is 94.1 Å². The zero-order valence-electron chi connectivity index (χ0n) is 14.3. The van der Waals surface area contributed by atoms with Gasteiger partial charge in [0.15, 0.2) is 5.43 Å². The van der Waals surface area contributed by atoms with Crippen molar-refractivity contribution in [2.75, 3.05) is 10.6 Å². The van der Waals surface area contributed by atoms with Gasteiger partial charge in [0.1, 0.15) is 11.3 Å². The van der Waals surface area contributed by atoms with E-state index in [2.05, 4.69) is 10.6 Å². The normalized spacial score (nSPS) is 10.5. The minimum Gasteiger partial charge on any atom is -0.456 e. The number of para-hydroxylation sites is 1. The summed E-state index contributed by atoms with van der Waals surface area (Å²) in [5.41, 5.74) is 2.33. The molecule has 2 N–H and O–H groups in total. The summed E-state index contributed by atoms with van der Waals surface area (Å²) >= 11 is 0. The molecular formula is C22H16N2O3. The summed E-state index contributed by atoms with van der Waals surface area (Å²) in [5.74, 6) is 0.510. The van der Waals surface area contributed by atoms with E-state index in [1.54, 1.807) is 30.3 Å². The lowest BCUT2D eigenvalue weighted by molar-refractivity contribution is 0.262.